The number of fused-ring (bicyclic) bond motifs is 1. The summed E-state index contributed by atoms with van der Waals surface area (Å²) in [4.78, 5) is 25.8. The number of amides is 2. The molecule has 0 radical (unpaired) electrons. The first kappa shape index (κ1) is 16.5. The van der Waals surface area contributed by atoms with Gasteiger partial charge in [-0.15, -0.1) is 0 Å². The Morgan fingerprint density at radius 3 is 2.96 bits per heavy atom. The zero-order valence-electron chi connectivity index (χ0n) is 13.8. The second-order valence-corrected chi connectivity index (χ2v) is 5.77. The van der Waals surface area contributed by atoms with E-state index >= 15 is 0 Å². The summed E-state index contributed by atoms with van der Waals surface area (Å²) in [6, 6.07) is 14.2. The molecule has 25 heavy (non-hydrogen) atoms. The van der Waals surface area contributed by atoms with Gasteiger partial charge in [0.1, 0.15) is 5.75 Å². The van der Waals surface area contributed by atoms with E-state index in [0.717, 1.165) is 5.56 Å². The molecule has 0 fully saturated rings. The fourth-order valence-electron chi connectivity index (χ4n) is 2.66. The predicted molar refractivity (Wildman–Crippen MR) is 93.5 cm³/mol. The standard InChI is InChI=1S/C19H17N3O3/c1-22-16-10-13(5-6-17(16)25-8-7-19(22)24)11-18(23)21-15-4-2-3-14(9-15)12-20/h2-6,9-10H,7-8,11H2,1H3,(H,21,23). The van der Waals surface area contributed by atoms with Gasteiger partial charge in [0.05, 0.1) is 36.8 Å². The summed E-state index contributed by atoms with van der Waals surface area (Å²) in [6.45, 7) is 0.352. The van der Waals surface area contributed by atoms with Crippen molar-refractivity contribution >= 4 is 23.2 Å². The van der Waals surface area contributed by atoms with Gasteiger partial charge in [-0.2, -0.15) is 5.26 Å². The lowest BCUT2D eigenvalue weighted by molar-refractivity contribution is -0.118. The summed E-state index contributed by atoms with van der Waals surface area (Å²) in [5.41, 5.74) is 2.51. The molecule has 0 bridgehead atoms. The van der Waals surface area contributed by atoms with E-state index in [1.54, 1.807) is 48.3 Å². The molecule has 2 amide bonds. The van der Waals surface area contributed by atoms with Gasteiger partial charge in [-0.3, -0.25) is 9.59 Å². The van der Waals surface area contributed by atoms with E-state index in [-0.39, 0.29) is 18.2 Å². The van der Waals surface area contributed by atoms with Crippen LogP contribution in [0.3, 0.4) is 0 Å². The Morgan fingerprint density at radius 1 is 1.32 bits per heavy atom. The van der Waals surface area contributed by atoms with Gasteiger partial charge in [-0.25, -0.2) is 0 Å². The van der Waals surface area contributed by atoms with Crippen molar-refractivity contribution in [2.24, 2.45) is 0 Å². The van der Waals surface area contributed by atoms with Crippen molar-refractivity contribution in [3.63, 3.8) is 0 Å². The van der Waals surface area contributed by atoms with E-state index in [1.165, 1.54) is 0 Å². The Labute approximate surface area is 145 Å². The predicted octanol–water partition coefficient (Wildman–Crippen LogP) is 2.48. The fourth-order valence-corrected chi connectivity index (χ4v) is 2.66. The normalized spacial score (nSPS) is 13.3. The van der Waals surface area contributed by atoms with Gasteiger partial charge in [-0.1, -0.05) is 12.1 Å². The number of rotatable bonds is 3. The van der Waals surface area contributed by atoms with Crippen LogP contribution in [-0.2, 0) is 16.0 Å². The van der Waals surface area contributed by atoms with Crippen molar-refractivity contribution in [3.05, 3.63) is 53.6 Å². The molecule has 6 heteroatoms. The first-order valence-electron chi connectivity index (χ1n) is 7.89. The van der Waals surface area contributed by atoms with Crippen molar-refractivity contribution in [3.8, 4) is 11.8 Å². The minimum atomic E-state index is -0.196. The summed E-state index contributed by atoms with van der Waals surface area (Å²) in [6.07, 6.45) is 0.488. The molecule has 2 aromatic rings. The molecule has 0 aromatic heterocycles. The number of hydrogen-bond acceptors (Lipinski definition) is 4. The maximum Gasteiger partial charge on any atom is 0.230 e. The summed E-state index contributed by atoms with van der Waals surface area (Å²) >= 11 is 0. The average Bonchev–Trinajstić information content (AvgIpc) is 2.74. The van der Waals surface area contributed by atoms with Gasteiger partial charge < -0.3 is 15.0 Å². The minimum absolute atomic E-state index is 0.0198. The third-order valence-electron chi connectivity index (χ3n) is 3.97. The van der Waals surface area contributed by atoms with Crippen molar-refractivity contribution in [2.75, 3.05) is 23.9 Å². The van der Waals surface area contributed by atoms with E-state index in [2.05, 4.69) is 5.32 Å². The molecule has 0 saturated carbocycles. The van der Waals surface area contributed by atoms with Crippen molar-refractivity contribution in [2.45, 2.75) is 12.8 Å². The number of carbonyl (C=O) groups excluding carboxylic acids is 2. The Hall–Kier alpha value is -3.33. The number of benzene rings is 2. The van der Waals surface area contributed by atoms with Gasteiger partial charge in [0, 0.05) is 12.7 Å². The highest BCUT2D eigenvalue weighted by molar-refractivity contribution is 5.96. The number of carbonyl (C=O) groups is 2. The van der Waals surface area contributed by atoms with Crippen LogP contribution in [0.25, 0.3) is 0 Å². The van der Waals surface area contributed by atoms with Gasteiger partial charge in [0.2, 0.25) is 11.8 Å². The van der Waals surface area contributed by atoms with Crippen LogP contribution in [0.15, 0.2) is 42.5 Å². The first-order chi connectivity index (χ1) is 12.1. The molecule has 0 saturated heterocycles. The summed E-state index contributed by atoms with van der Waals surface area (Å²) < 4.78 is 5.58. The largest absolute Gasteiger partial charge is 0.491 e. The van der Waals surface area contributed by atoms with E-state index in [4.69, 9.17) is 10.00 Å². The number of nitrogens with one attached hydrogen (secondary N) is 1. The third kappa shape index (κ3) is 3.78. The summed E-state index contributed by atoms with van der Waals surface area (Å²) in [5, 5.41) is 11.7. The van der Waals surface area contributed by atoms with Crippen LogP contribution in [0.1, 0.15) is 17.5 Å². The Morgan fingerprint density at radius 2 is 2.16 bits per heavy atom. The number of ether oxygens (including phenoxy) is 1. The van der Waals surface area contributed by atoms with Crippen molar-refractivity contribution < 1.29 is 14.3 Å². The zero-order chi connectivity index (χ0) is 17.8. The number of hydrogen-bond donors (Lipinski definition) is 1. The fraction of sp³-hybridized carbons (Fsp3) is 0.211. The lowest BCUT2D eigenvalue weighted by Gasteiger charge is -2.17. The van der Waals surface area contributed by atoms with Crippen LogP contribution in [0.5, 0.6) is 5.75 Å². The molecule has 1 aliphatic heterocycles. The number of nitrogens with zero attached hydrogens (tertiary/aromatic N) is 2. The highest BCUT2D eigenvalue weighted by Gasteiger charge is 2.20. The second-order valence-electron chi connectivity index (χ2n) is 5.77. The Bertz CT molecular complexity index is 870. The van der Waals surface area contributed by atoms with E-state index in [0.29, 0.717) is 35.7 Å². The molecule has 3 rings (SSSR count). The van der Waals surface area contributed by atoms with Crippen LogP contribution in [0, 0.1) is 11.3 Å². The monoisotopic (exact) mass is 335 g/mol. The number of nitriles is 1. The van der Waals surface area contributed by atoms with Gasteiger partial charge >= 0.3 is 0 Å². The number of anilines is 2. The minimum Gasteiger partial charge on any atom is -0.491 e. The zero-order valence-corrected chi connectivity index (χ0v) is 13.8. The van der Waals surface area contributed by atoms with Crippen LogP contribution in [0.4, 0.5) is 11.4 Å². The SMILES string of the molecule is CN1C(=O)CCOc2ccc(CC(=O)Nc3cccc(C#N)c3)cc21. The summed E-state index contributed by atoms with van der Waals surface area (Å²) in [5.74, 6) is 0.423. The molecule has 1 heterocycles. The van der Waals surface area contributed by atoms with E-state index < -0.39 is 0 Å². The molecule has 1 aliphatic rings. The molecule has 126 valence electrons. The molecule has 6 nitrogen and oxygen atoms in total. The highest BCUT2D eigenvalue weighted by atomic mass is 16.5. The van der Waals surface area contributed by atoms with Crippen molar-refractivity contribution in [1.29, 1.82) is 5.26 Å². The smallest absolute Gasteiger partial charge is 0.230 e. The summed E-state index contributed by atoms with van der Waals surface area (Å²) in [7, 11) is 1.70. The Balaban J connectivity index is 1.75. The Kier molecular flexibility index (Phi) is 4.66. The molecule has 2 aromatic carbocycles. The average molecular weight is 335 g/mol. The molecular formula is C19H17N3O3. The lowest BCUT2D eigenvalue weighted by atomic mass is 10.1. The second kappa shape index (κ2) is 7.05. The maximum atomic E-state index is 12.3. The molecular weight excluding hydrogens is 318 g/mol. The molecule has 0 spiro atoms. The first-order valence-corrected chi connectivity index (χ1v) is 7.89. The van der Waals surface area contributed by atoms with Crippen LogP contribution in [0.2, 0.25) is 0 Å². The molecule has 0 aliphatic carbocycles. The topological polar surface area (TPSA) is 82.4 Å². The molecule has 0 unspecified atom stereocenters. The quantitative estimate of drug-likeness (QED) is 0.934. The third-order valence-corrected chi connectivity index (χ3v) is 3.97. The van der Waals surface area contributed by atoms with Crippen LogP contribution < -0.4 is 15.0 Å². The van der Waals surface area contributed by atoms with Crippen molar-refractivity contribution in [1.82, 2.24) is 0 Å². The maximum absolute atomic E-state index is 12.3. The molecule has 1 N–H and O–H groups in total. The molecule has 0 atom stereocenters. The highest BCUT2D eigenvalue weighted by Crippen LogP contribution is 2.31. The lowest BCUT2D eigenvalue weighted by Crippen LogP contribution is -2.25. The van der Waals surface area contributed by atoms with Gasteiger partial charge in [-0.05, 0) is 35.9 Å². The van der Waals surface area contributed by atoms with E-state index in [1.807, 2.05) is 12.1 Å². The van der Waals surface area contributed by atoms with Gasteiger partial charge in [0.15, 0.2) is 0 Å². The van der Waals surface area contributed by atoms with Crippen LogP contribution in [-0.4, -0.2) is 25.5 Å². The van der Waals surface area contributed by atoms with Gasteiger partial charge in [0.25, 0.3) is 0 Å². The van der Waals surface area contributed by atoms with E-state index in [9.17, 15) is 9.59 Å². The van der Waals surface area contributed by atoms with Crippen LogP contribution >= 0.6 is 0 Å².